The van der Waals surface area contributed by atoms with E-state index in [1.165, 1.54) is 11.3 Å². The zero-order chi connectivity index (χ0) is 18.5. The third-order valence-electron chi connectivity index (χ3n) is 3.60. The van der Waals surface area contributed by atoms with Crippen molar-refractivity contribution in [3.63, 3.8) is 0 Å². The van der Waals surface area contributed by atoms with E-state index in [-0.39, 0.29) is 12.3 Å². The average molecular weight is 433 g/mol. The third kappa shape index (κ3) is 4.62. The number of rotatable bonds is 6. The van der Waals surface area contributed by atoms with Crippen molar-refractivity contribution in [2.45, 2.75) is 6.42 Å². The molecule has 2 aromatic carbocycles. The molecule has 3 rings (SSSR count). The third-order valence-corrected chi connectivity index (χ3v) is 5.03. The molecule has 0 bridgehead atoms. The molecule has 0 fully saturated rings. The van der Waals surface area contributed by atoms with Crippen LogP contribution in [0.4, 0.5) is 5.69 Å². The van der Waals surface area contributed by atoms with Gasteiger partial charge in [-0.1, -0.05) is 28.1 Å². The number of hydrogen-bond acceptors (Lipinski definition) is 5. The van der Waals surface area contributed by atoms with Crippen LogP contribution in [0.15, 0.2) is 52.3 Å². The van der Waals surface area contributed by atoms with E-state index in [1.54, 1.807) is 32.4 Å². The number of benzene rings is 2. The first-order valence-corrected chi connectivity index (χ1v) is 9.48. The largest absolute Gasteiger partial charge is 0.497 e. The molecular formula is C19H17BrN2O3S. The highest BCUT2D eigenvalue weighted by Gasteiger charge is 2.11. The first kappa shape index (κ1) is 18.4. The van der Waals surface area contributed by atoms with E-state index < -0.39 is 0 Å². The molecule has 0 saturated carbocycles. The predicted molar refractivity (Wildman–Crippen MR) is 107 cm³/mol. The van der Waals surface area contributed by atoms with Crippen LogP contribution in [0.1, 0.15) is 5.69 Å². The Morgan fingerprint density at radius 3 is 2.54 bits per heavy atom. The van der Waals surface area contributed by atoms with E-state index in [0.29, 0.717) is 17.2 Å². The van der Waals surface area contributed by atoms with E-state index in [0.717, 1.165) is 20.7 Å². The molecule has 7 heteroatoms. The molecule has 1 aromatic heterocycles. The van der Waals surface area contributed by atoms with Gasteiger partial charge in [0.1, 0.15) is 16.5 Å². The standard InChI is InChI=1S/C19H17BrN2O3S/c1-24-16-7-14(8-17(10-16)25-2)21-18(23)9-15-11-26-19(22-15)12-4-3-5-13(20)6-12/h3-8,10-11H,9H2,1-2H3,(H,21,23). The maximum Gasteiger partial charge on any atom is 0.230 e. The molecule has 134 valence electrons. The van der Waals surface area contributed by atoms with Gasteiger partial charge >= 0.3 is 0 Å². The Hall–Kier alpha value is -2.38. The number of nitrogens with zero attached hydrogens (tertiary/aromatic N) is 1. The number of carbonyl (C=O) groups is 1. The summed E-state index contributed by atoms with van der Waals surface area (Å²) in [6, 6.07) is 13.2. The van der Waals surface area contributed by atoms with Crippen LogP contribution in [0.2, 0.25) is 0 Å². The summed E-state index contributed by atoms with van der Waals surface area (Å²) < 4.78 is 11.4. The molecule has 0 aliphatic carbocycles. The van der Waals surface area contributed by atoms with Crippen molar-refractivity contribution < 1.29 is 14.3 Å². The Kier molecular flexibility index (Phi) is 5.90. The number of amides is 1. The second-order valence-electron chi connectivity index (χ2n) is 5.48. The number of hydrogen-bond donors (Lipinski definition) is 1. The molecule has 0 atom stereocenters. The molecule has 0 spiro atoms. The topological polar surface area (TPSA) is 60.5 Å². The molecule has 1 N–H and O–H groups in total. The quantitative estimate of drug-likeness (QED) is 0.609. The predicted octanol–water partition coefficient (Wildman–Crippen LogP) is 4.77. The van der Waals surface area contributed by atoms with Crippen LogP contribution in [0, 0.1) is 0 Å². The van der Waals surface area contributed by atoms with Gasteiger partial charge < -0.3 is 14.8 Å². The molecule has 0 aliphatic heterocycles. The maximum atomic E-state index is 12.3. The molecule has 0 radical (unpaired) electrons. The first-order valence-electron chi connectivity index (χ1n) is 7.80. The van der Waals surface area contributed by atoms with E-state index in [4.69, 9.17) is 9.47 Å². The summed E-state index contributed by atoms with van der Waals surface area (Å²) in [6.07, 6.45) is 0.198. The van der Waals surface area contributed by atoms with Crippen LogP contribution in [0.3, 0.4) is 0 Å². The summed E-state index contributed by atoms with van der Waals surface area (Å²) >= 11 is 4.98. The summed E-state index contributed by atoms with van der Waals surface area (Å²) in [4.78, 5) is 16.9. The fraction of sp³-hybridized carbons (Fsp3) is 0.158. The van der Waals surface area contributed by atoms with Gasteiger partial charge in [-0.05, 0) is 12.1 Å². The van der Waals surface area contributed by atoms with Gasteiger partial charge in [-0.25, -0.2) is 4.98 Å². The highest BCUT2D eigenvalue weighted by atomic mass is 79.9. The van der Waals surface area contributed by atoms with E-state index in [9.17, 15) is 4.79 Å². The molecule has 3 aromatic rings. The van der Waals surface area contributed by atoms with Gasteiger partial charge in [0.2, 0.25) is 5.91 Å². The summed E-state index contributed by atoms with van der Waals surface area (Å²) in [6.45, 7) is 0. The molecular weight excluding hydrogens is 416 g/mol. The lowest BCUT2D eigenvalue weighted by Gasteiger charge is -2.09. The molecule has 26 heavy (non-hydrogen) atoms. The second kappa shape index (κ2) is 8.33. The van der Waals surface area contributed by atoms with Crippen molar-refractivity contribution in [2.75, 3.05) is 19.5 Å². The number of anilines is 1. The normalized spacial score (nSPS) is 10.4. The van der Waals surface area contributed by atoms with Gasteiger partial charge in [0.05, 0.1) is 26.3 Å². The Labute approximate surface area is 164 Å². The highest BCUT2D eigenvalue weighted by Crippen LogP contribution is 2.27. The summed E-state index contributed by atoms with van der Waals surface area (Å²) in [5, 5.41) is 5.65. The van der Waals surface area contributed by atoms with E-state index in [1.807, 2.05) is 29.6 Å². The Morgan fingerprint density at radius 1 is 1.15 bits per heavy atom. The monoisotopic (exact) mass is 432 g/mol. The van der Waals surface area contributed by atoms with Gasteiger partial charge in [-0.15, -0.1) is 11.3 Å². The maximum absolute atomic E-state index is 12.3. The van der Waals surface area contributed by atoms with Gasteiger partial charge in [-0.2, -0.15) is 0 Å². The van der Waals surface area contributed by atoms with Gasteiger partial charge in [0.25, 0.3) is 0 Å². The number of nitrogens with one attached hydrogen (secondary N) is 1. The van der Waals surface area contributed by atoms with Crippen LogP contribution in [0.5, 0.6) is 11.5 Å². The molecule has 5 nitrogen and oxygen atoms in total. The Balaban J connectivity index is 1.69. The first-order chi connectivity index (χ1) is 12.6. The second-order valence-corrected chi connectivity index (χ2v) is 7.25. The lowest BCUT2D eigenvalue weighted by molar-refractivity contribution is -0.115. The van der Waals surface area contributed by atoms with Crippen molar-refractivity contribution >= 4 is 38.9 Å². The number of methoxy groups -OCH3 is 2. The molecule has 0 unspecified atom stereocenters. The van der Waals surface area contributed by atoms with Gasteiger partial charge in [0.15, 0.2) is 0 Å². The summed E-state index contributed by atoms with van der Waals surface area (Å²) in [5.41, 5.74) is 2.37. The number of thiazole rings is 1. The van der Waals surface area contributed by atoms with Crippen molar-refractivity contribution in [1.29, 1.82) is 0 Å². The van der Waals surface area contributed by atoms with E-state index in [2.05, 4.69) is 26.2 Å². The molecule has 1 amide bonds. The van der Waals surface area contributed by atoms with Crippen LogP contribution < -0.4 is 14.8 Å². The smallest absolute Gasteiger partial charge is 0.230 e. The molecule has 0 aliphatic rings. The minimum atomic E-state index is -0.147. The minimum absolute atomic E-state index is 0.147. The zero-order valence-electron chi connectivity index (χ0n) is 14.3. The fourth-order valence-corrected chi connectivity index (χ4v) is 3.61. The number of halogens is 1. The lowest BCUT2D eigenvalue weighted by Crippen LogP contribution is -2.14. The van der Waals surface area contributed by atoms with Crippen LogP contribution in [-0.4, -0.2) is 25.1 Å². The Bertz CT molecular complexity index is 904. The van der Waals surface area contributed by atoms with Crippen LogP contribution >= 0.6 is 27.3 Å². The van der Waals surface area contributed by atoms with Gasteiger partial charge in [-0.3, -0.25) is 4.79 Å². The fourth-order valence-electron chi connectivity index (χ4n) is 2.39. The van der Waals surface area contributed by atoms with Crippen LogP contribution in [-0.2, 0) is 11.2 Å². The van der Waals surface area contributed by atoms with Crippen molar-refractivity contribution in [3.05, 3.63) is 58.0 Å². The van der Waals surface area contributed by atoms with Gasteiger partial charge in [0, 0.05) is 39.3 Å². The van der Waals surface area contributed by atoms with E-state index >= 15 is 0 Å². The summed E-state index contributed by atoms with van der Waals surface area (Å²) in [7, 11) is 3.14. The Morgan fingerprint density at radius 2 is 1.88 bits per heavy atom. The van der Waals surface area contributed by atoms with Crippen molar-refractivity contribution in [1.82, 2.24) is 4.98 Å². The van der Waals surface area contributed by atoms with Crippen molar-refractivity contribution in [3.8, 4) is 22.1 Å². The van der Waals surface area contributed by atoms with Crippen molar-refractivity contribution in [2.24, 2.45) is 0 Å². The zero-order valence-corrected chi connectivity index (χ0v) is 16.7. The minimum Gasteiger partial charge on any atom is -0.497 e. The molecule has 0 saturated heterocycles. The average Bonchev–Trinajstić information content (AvgIpc) is 3.09. The summed E-state index contributed by atoms with van der Waals surface area (Å²) in [5.74, 6) is 1.09. The highest BCUT2D eigenvalue weighted by molar-refractivity contribution is 9.10. The molecule has 1 heterocycles. The lowest BCUT2D eigenvalue weighted by atomic mass is 10.2. The van der Waals surface area contributed by atoms with Crippen LogP contribution in [0.25, 0.3) is 10.6 Å². The SMILES string of the molecule is COc1cc(NC(=O)Cc2csc(-c3cccc(Br)c3)n2)cc(OC)c1. The number of ether oxygens (including phenoxy) is 2. The number of carbonyl (C=O) groups excluding carboxylic acids is 1. The number of aromatic nitrogens is 1.